The van der Waals surface area contributed by atoms with Gasteiger partial charge in [-0.25, -0.2) is 0 Å². The minimum absolute atomic E-state index is 0.140. The van der Waals surface area contributed by atoms with E-state index in [1.807, 2.05) is 18.2 Å². The molecular formula is C16H24N2O. The van der Waals surface area contributed by atoms with Crippen molar-refractivity contribution in [3.05, 3.63) is 35.9 Å². The normalized spacial score (nSPS) is 23.0. The van der Waals surface area contributed by atoms with Crippen LogP contribution in [-0.4, -0.2) is 18.5 Å². The van der Waals surface area contributed by atoms with E-state index in [-0.39, 0.29) is 11.9 Å². The number of nitrogens with two attached hydrogens (primary N) is 1. The maximum Gasteiger partial charge on any atom is 0.220 e. The van der Waals surface area contributed by atoms with Crippen LogP contribution >= 0.6 is 0 Å². The summed E-state index contributed by atoms with van der Waals surface area (Å²) in [6.45, 7) is 0.745. The molecule has 0 spiro atoms. The van der Waals surface area contributed by atoms with Gasteiger partial charge in [0.2, 0.25) is 5.91 Å². The highest BCUT2D eigenvalue weighted by Crippen LogP contribution is 2.22. The molecule has 2 rings (SSSR count). The quantitative estimate of drug-likeness (QED) is 0.853. The minimum atomic E-state index is 0.140. The molecule has 0 aromatic heterocycles. The van der Waals surface area contributed by atoms with Gasteiger partial charge in [0.25, 0.3) is 0 Å². The summed E-state index contributed by atoms with van der Waals surface area (Å²) < 4.78 is 0. The van der Waals surface area contributed by atoms with Crippen LogP contribution < -0.4 is 11.1 Å². The molecule has 3 N–H and O–H groups in total. The summed E-state index contributed by atoms with van der Waals surface area (Å²) in [6, 6.07) is 10.4. The molecule has 0 saturated heterocycles. The Bertz CT molecular complexity index is 391. The lowest BCUT2D eigenvalue weighted by atomic mass is 9.85. The molecule has 0 heterocycles. The van der Waals surface area contributed by atoms with Gasteiger partial charge in [-0.1, -0.05) is 43.2 Å². The van der Waals surface area contributed by atoms with Crippen molar-refractivity contribution in [2.24, 2.45) is 11.7 Å². The second-order valence-electron chi connectivity index (χ2n) is 5.50. The Morgan fingerprint density at radius 1 is 1.21 bits per heavy atom. The lowest BCUT2D eigenvalue weighted by Crippen LogP contribution is -2.41. The molecule has 0 radical (unpaired) electrons. The van der Waals surface area contributed by atoms with Gasteiger partial charge in [-0.15, -0.1) is 0 Å². The van der Waals surface area contributed by atoms with Gasteiger partial charge in [0.1, 0.15) is 0 Å². The van der Waals surface area contributed by atoms with Gasteiger partial charge in [0, 0.05) is 19.0 Å². The highest BCUT2D eigenvalue weighted by molar-refractivity contribution is 5.76. The summed E-state index contributed by atoms with van der Waals surface area (Å²) >= 11 is 0. The van der Waals surface area contributed by atoms with Crippen LogP contribution in [0.15, 0.2) is 30.3 Å². The second-order valence-corrected chi connectivity index (χ2v) is 5.50. The Kier molecular flexibility index (Phi) is 5.40. The molecule has 1 saturated carbocycles. The van der Waals surface area contributed by atoms with Crippen molar-refractivity contribution >= 4 is 5.91 Å². The van der Waals surface area contributed by atoms with Gasteiger partial charge in [-0.2, -0.15) is 0 Å². The third-order valence-corrected chi connectivity index (χ3v) is 4.01. The van der Waals surface area contributed by atoms with Gasteiger partial charge in [-0.05, 0) is 30.7 Å². The van der Waals surface area contributed by atoms with Crippen molar-refractivity contribution in [2.45, 2.75) is 44.6 Å². The Morgan fingerprint density at radius 3 is 2.68 bits per heavy atom. The zero-order valence-corrected chi connectivity index (χ0v) is 11.5. The van der Waals surface area contributed by atoms with Crippen LogP contribution in [0.25, 0.3) is 0 Å². The molecule has 19 heavy (non-hydrogen) atoms. The molecule has 1 aromatic carbocycles. The predicted octanol–water partition coefficient (Wildman–Crippen LogP) is 2.25. The predicted molar refractivity (Wildman–Crippen MR) is 77.7 cm³/mol. The molecule has 0 bridgehead atoms. The van der Waals surface area contributed by atoms with Crippen molar-refractivity contribution in [3.8, 4) is 0 Å². The van der Waals surface area contributed by atoms with Crippen LogP contribution in [0.5, 0.6) is 0 Å². The fraction of sp³-hybridized carbons (Fsp3) is 0.562. The molecular weight excluding hydrogens is 236 g/mol. The number of hydrogen-bond donors (Lipinski definition) is 2. The number of aryl methyl sites for hydroxylation is 1. The number of hydrogen-bond acceptors (Lipinski definition) is 2. The van der Waals surface area contributed by atoms with E-state index in [1.165, 1.54) is 18.4 Å². The SMILES string of the molecule is NC1CCCCC1CNC(=O)CCc1ccccc1. The first-order chi connectivity index (χ1) is 9.25. The first-order valence-corrected chi connectivity index (χ1v) is 7.32. The van der Waals surface area contributed by atoms with Crippen molar-refractivity contribution < 1.29 is 4.79 Å². The van der Waals surface area contributed by atoms with Crippen LogP contribution in [0.2, 0.25) is 0 Å². The van der Waals surface area contributed by atoms with E-state index in [0.717, 1.165) is 25.8 Å². The standard InChI is InChI=1S/C16H24N2O/c17-15-9-5-4-8-14(15)12-18-16(19)11-10-13-6-2-1-3-7-13/h1-3,6-7,14-15H,4-5,8-12,17H2,(H,18,19). The zero-order chi connectivity index (χ0) is 13.5. The van der Waals surface area contributed by atoms with Crippen LogP contribution in [0.4, 0.5) is 0 Å². The number of benzene rings is 1. The van der Waals surface area contributed by atoms with Crippen LogP contribution in [-0.2, 0) is 11.2 Å². The summed E-state index contributed by atoms with van der Waals surface area (Å²) in [4.78, 5) is 11.8. The molecule has 1 aliphatic rings. The molecule has 1 fully saturated rings. The van der Waals surface area contributed by atoms with Gasteiger partial charge in [0.05, 0.1) is 0 Å². The smallest absolute Gasteiger partial charge is 0.220 e. The van der Waals surface area contributed by atoms with Gasteiger partial charge in [-0.3, -0.25) is 4.79 Å². The molecule has 2 atom stereocenters. The van der Waals surface area contributed by atoms with Crippen LogP contribution in [0, 0.1) is 5.92 Å². The third-order valence-electron chi connectivity index (χ3n) is 4.01. The maximum absolute atomic E-state index is 11.8. The topological polar surface area (TPSA) is 55.1 Å². The van der Waals surface area contributed by atoms with E-state index in [9.17, 15) is 4.79 Å². The molecule has 3 heteroatoms. The first kappa shape index (κ1) is 14.1. The minimum Gasteiger partial charge on any atom is -0.356 e. The summed E-state index contributed by atoms with van der Waals surface area (Å²) in [6.07, 6.45) is 6.11. The van der Waals surface area contributed by atoms with E-state index in [2.05, 4.69) is 17.4 Å². The average molecular weight is 260 g/mol. The van der Waals surface area contributed by atoms with E-state index < -0.39 is 0 Å². The highest BCUT2D eigenvalue weighted by atomic mass is 16.1. The summed E-state index contributed by atoms with van der Waals surface area (Å²) in [7, 11) is 0. The lowest BCUT2D eigenvalue weighted by Gasteiger charge is -2.28. The largest absolute Gasteiger partial charge is 0.356 e. The third kappa shape index (κ3) is 4.67. The van der Waals surface area contributed by atoms with Crippen LogP contribution in [0.3, 0.4) is 0 Å². The molecule has 1 aromatic rings. The van der Waals surface area contributed by atoms with Crippen molar-refractivity contribution in [3.63, 3.8) is 0 Å². The van der Waals surface area contributed by atoms with Crippen LogP contribution in [0.1, 0.15) is 37.7 Å². The molecule has 1 amide bonds. The van der Waals surface area contributed by atoms with E-state index in [0.29, 0.717) is 12.3 Å². The monoisotopic (exact) mass is 260 g/mol. The van der Waals surface area contributed by atoms with Gasteiger partial charge < -0.3 is 11.1 Å². The number of amides is 1. The molecule has 2 unspecified atom stereocenters. The molecule has 1 aliphatic carbocycles. The van der Waals surface area contributed by atoms with E-state index >= 15 is 0 Å². The van der Waals surface area contributed by atoms with Gasteiger partial charge >= 0.3 is 0 Å². The Hall–Kier alpha value is -1.35. The number of nitrogens with one attached hydrogen (secondary N) is 1. The zero-order valence-electron chi connectivity index (χ0n) is 11.5. The lowest BCUT2D eigenvalue weighted by molar-refractivity contribution is -0.121. The average Bonchev–Trinajstić information content (AvgIpc) is 2.45. The number of carbonyl (C=O) groups excluding carboxylic acids is 1. The van der Waals surface area contributed by atoms with Gasteiger partial charge in [0.15, 0.2) is 0 Å². The fourth-order valence-electron chi connectivity index (χ4n) is 2.73. The molecule has 3 nitrogen and oxygen atoms in total. The molecule has 0 aliphatic heterocycles. The highest BCUT2D eigenvalue weighted by Gasteiger charge is 2.21. The summed E-state index contributed by atoms with van der Waals surface area (Å²) in [5.41, 5.74) is 7.29. The van der Waals surface area contributed by atoms with Crippen molar-refractivity contribution in [1.82, 2.24) is 5.32 Å². The summed E-state index contributed by atoms with van der Waals surface area (Å²) in [5, 5.41) is 3.03. The number of rotatable bonds is 5. The maximum atomic E-state index is 11.8. The van der Waals surface area contributed by atoms with E-state index in [1.54, 1.807) is 0 Å². The van der Waals surface area contributed by atoms with E-state index in [4.69, 9.17) is 5.73 Å². The van der Waals surface area contributed by atoms with Crippen molar-refractivity contribution in [1.29, 1.82) is 0 Å². The first-order valence-electron chi connectivity index (χ1n) is 7.32. The Labute approximate surface area is 115 Å². The number of carbonyl (C=O) groups is 1. The Balaban J connectivity index is 1.67. The fourth-order valence-corrected chi connectivity index (χ4v) is 2.73. The molecule has 104 valence electrons. The second kappa shape index (κ2) is 7.29. The Morgan fingerprint density at radius 2 is 1.95 bits per heavy atom. The van der Waals surface area contributed by atoms with Crippen molar-refractivity contribution in [2.75, 3.05) is 6.54 Å². The summed E-state index contributed by atoms with van der Waals surface area (Å²) in [5.74, 6) is 0.607.